The zero-order valence-corrected chi connectivity index (χ0v) is 8.57. The van der Waals surface area contributed by atoms with Gasteiger partial charge in [-0.1, -0.05) is 6.42 Å². The molecule has 1 saturated heterocycles. The summed E-state index contributed by atoms with van der Waals surface area (Å²) in [7, 11) is 0. The molecule has 0 saturated carbocycles. The summed E-state index contributed by atoms with van der Waals surface area (Å²) in [6, 6.07) is 1.58. The monoisotopic (exact) mass is 205 g/mol. The molecule has 1 atom stereocenters. The quantitative estimate of drug-likeness (QED) is 0.706. The standard InChI is InChI=1S/C11H15N3O/c12-9-4-6-13-7-8(9)11(15)10-3-1-2-5-14-10/h4,6-7,10,14H,1-3,5H2,(H2,12,13). The molecule has 1 aromatic heterocycles. The van der Waals surface area contributed by atoms with Gasteiger partial charge in [0.1, 0.15) is 0 Å². The zero-order valence-electron chi connectivity index (χ0n) is 8.57. The van der Waals surface area contributed by atoms with Crippen molar-refractivity contribution in [3.8, 4) is 0 Å². The molecule has 0 spiro atoms. The summed E-state index contributed by atoms with van der Waals surface area (Å²) >= 11 is 0. The number of carbonyl (C=O) groups is 1. The van der Waals surface area contributed by atoms with E-state index in [1.165, 1.54) is 0 Å². The third kappa shape index (κ3) is 2.15. The summed E-state index contributed by atoms with van der Waals surface area (Å²) in [5, 5.41) is 3.21. The molecule has 2 heterocycles. The number of aromatic nitrogens is 1. The maximum Gasteiger partial charge on any atom is 0.183 e. The topological polar surface area (TPSA) is 68.0 Å². The molecule has 0 radical (unpaired) electrons. The third-order valence-corrected chi connectivity index (χ3v) is 2.75. The maximum atomic E-state index is 12.0. The van der Waals surface area contributed by atoms with Crippen molar-refractivity contribution in [1.82, 2.24) is 10.3 Å². The van der Waals surface area contributed by atoms with Crippen molar-refractivity contribution in [2.75, 3.05) is 12.3 Å². The van der Waals surface area contributed by atoms with Crippen molar-refractivity contribution in [1.29, 1.82) is 0 Å². The van der Waals surface area contributed by atoms with Gasteiger partial charge < -0.3 is 11.1 Å². The largest absolute Gasteiger partial charge is 0.398 e. The molecule has 0 aliphatic carbocycles. The van der Waals surface area contributed by atoms with Crippen LogP contribution in [-0.4, -0.2) is 23.4 Å². The van der Waals surface area contributed by atoms with E-state index in [1.54, 1.807) is 18.5 Å². The molecule has 1 aliphatic heterocycles. The van der Waals surface area contributed by atoms with Crippen LogP contribution in [0.3, 0.4) is 0 Å². The molecule has 2 rings (SSSR count). The minimum atomic E-state index is -0.0785. The van der Waals surface area contributed by atoms with E-state index in [9.17, 15) is 4.79 Å². The van der Waals surface area contributed by atoms with Crippen LogP contribution in [0.15, 0.2) is 18.5 Å². The number of nitrogens with one attached hydrogen (secondary N) is 1. The van der Waals surface area contributed by atoms with Crippen LogP contribution in [0.1, 0.15) is 29.6 Å². The minimum absolute atomic E-state index is 0.0697. The first-order chi connectivity index (χ1) is 7.29. The number of piperidine rings is 1. The Morgan fingerprint density at radius 1 is 1.53 bits per heavy atom. The van der Waals surface area contributed by atoms with E-state index in [4.69, 9.17) is 5.73 Å². The Bertz CT molecular complexity index is 359. The average molecular weight is 205 g/mol. The Balaban J connectivity index is 2.16. The van der Waals surface area contributed by atoms with Gasteiger partial charge in [-0.3, -0.25) is 9.78 Å². The van der Waals surface area contributed by atoms with Crippen LogP contribution in [0.25, 0.3) is 0 Å². The summed E-state index contributed by atoms with van der Waals surface area (Å²) in [4.78, 5) is 16.0. The fraction of sp³-hybridized carbons (Fsp3) is 0.455. The third-order valence-electron chi connectivity index (χ3n) is 2.75. The summed E-state index contributed by atoms with van der Waals surface area (Å²) in [5.74, 6) is 0.0697. The highest BCUT2D eigenvalue weighted by Crippen LogP contribution is 2.16. The van der Waals surface area contributed by atoms with Crippen molar-refractivity contribution in [2.24, 2.45) is 0 Å². The van der Waals surface area contributed by atoms with Gasteiger partial charge >= 0.3 is 0 Å². The fourth-order valence-electron chi connectivity index (χ4n) is 1.87. The van der Waals surface area contributed by atoms with Crippen LogP contribution in [0, 0.1) is 0 Å². The Morgan fingerprint density at radius 3 is 3.07 bits per heavy atom. The Labute approximate surface area is 88.9 Å². The van der Waals surface area contributed by atoms with Crippen LogP contribution < -0.4 is 11.1 Å². The number of nitrogens with zero attached hydrogens (tertiary/aromatic N) is 1. The van der Waals surface area contributed by atoms with E-state index in [1.807, 2.05) is 0 Å². The molecular formula is C11H15N3O. The number of rotatable bonds is 2. The predicted octanol–water partition coefficient (Wildman–Crippen LogP) is 0.989. The van der Waals surface area contributed by atoms with Gasteiger partial charge in [0.2, 0.25) is 0 Å². The first-order valence-electron chi connectivity index (χ1n) is 5.26. The lowest BCUT2D eigenvalue weighted by atomic mass is 9.96. The lowest BCUT2D eigenvalue weighted by Gasteiger charge is -2.22. The molecule has 0 amide bonds. The molecular weight excluding hydrogens is 190 g/mol. The van der Waals surface area contributed by atoms with Gasteiger partial charge in [0.25, 0.3) is 0 Å². The lowest BCUT2D eigenvalue weighted by Crippen LogP contribution is -2.40. The number of hydrogen-bond donors (Lipinski definition) is 2. The van der Waals surface area contributed by atoms with E-state index in [0.717, 1.165) is 25.8 Å². The number of nitrogen functional groups attached to an aromatic ring is 1. The van der Waals surface area contributed by atoms with Crippen LogP contribution in [0.4, 0.5) is 5.69 Å². The summed E-state index contributed by atoms with van der Waals surface area (Å²) in [6.45, 7) is 0.913. The summed E-state index contributed by atoms with van der Waals surface area (Å²) in [6.07, 6.45) is 6.29. The number of carbonyl (C=O) groups excluding carboxylic acids is 1. The number of anilines is 1. The zero-order chi connectivity index (χ0) is 10.7. The predicted molar refractivity (Wildman–Crippen MR) is 58.6 cm³/mol. The summed E-state index contributed by atoms with van der Waals surface area (Å²) < 4.78 is 0. The number of nitrogens with two attached hydrogens (primary N) is 1. The lowest BCUT2D eigenvalue weighted by molar-refractivity contribution is 0.0927. The molecule has 0 bridgehead atoms. The van der Waals surface area contributed by atoms with Crippen molar-refractivity contribution in [3.63, 3.8) is 0 Å². The molecule has 1 fully saturated rings. The first kappa shape index (κ1) is 10.1. The van der Waals surface area contributed by atoms with Crippen LogP contribution in [0.2, 0.25) is 0 Å². The van der Waals surface area contributed by atoms with Gasteiger partial charge in [-0.15, -0.1) is 0 Å². The molecule has 4 nitrogen and oxygen atoms in total. The average Bonchev–Trinajstić information content (AvgIpc) is 2.30. The number of hydrogen-bond acceptors (Lipinski definition) is 4. The smallest absolute Gasteiger partial charge is 0.183 e. The van der Waals surface area contributed by atoms with E-state index >= 15 is 0 Å². The highest BCUT2D eigenvalue weighted by atomic mass is 16.1. The van der Waals surface area contributed by atoms with Crippen molar-refractivity contribution >= 4 is 11.5 Å². The molecule has 1 aliphatic rings. The van der Waals surface area contributed by atoms with Crippen LogP contribution in [0.5, 0.6) is 0 Å². The second-order valence-corrected chi connectivity index (χ2v) is 3.83. The second kappa shape index (κ2) is 4.40. The fourth-order valence-corrected chi connectivity index (χ4v) is 1.87. The molecule has 1 aromatic rings. The molecule has 1 unspecified atom stereocenters. The van der Waals surface area contributed by atoms with Crippen LogP contribution in [-0.2, 0) is 0 Å². The SMILES string of the molecule is Nc1ccncc1C(=O)C1CCCCN1. The van der Waals surface area contributed by atoms with Crippen molar-refractivity contribution < 1.29 is 4.79 Å². The summed E-state index contributed by atoms with van der Waals surface area (Å²) in [5.41, 5.74) is 6.79. The number of pyridine rings is 1. The van der Waals surface area contributed by atoms with Gasteiger partial charge in [-0.25, -0.2) is 0 Å². The minimum Gasteiger partial charge on any atom is -0.398 e. The highest BCUT2D eigenvalue weighted by Gasteiger charge is 2.23. The van der Waals surface area contributed by atoms with E-state index < -0.39 is 0 Å². The Kier molecular flexibility index (Phi) is 2.97. The number of Topliss-reactive ketones (excluding diaryl/α,β-unsaturated/α-hetero) is 1. The molecule has 3 N–H and O–H groups in total. The van der Waals surface area contributed by atoms with Gasteiger partial charge in [0, 0.05) is 18.1 Å². The van der Waals surface area contributed by atoms with Crippen molar-refractivity contribution in [3.05, 3.63) is 24.0 Å². The molecule has 4 heteroatoms. The molecule has 80 valence electrons. The highest BCUT2D eigenvalue weighted by molar-refractivity contribution is 6.03. The first-order valence-corrected chi connectivity index (χ1v) is 5.26. The van der Waals surface area contributed by atoms with Crippen molar-refractivity contribution in [2.45, 2.75) is 25.3 Å². The van der Waals surface area contributed by atoms with Gasteiger partial charge in [0.15, 0.2) is 5.78 Å². The molecule has 15 heavy (non-hydrogen) atoms. The maximum absolute atomic E-state index is 12.0. The second-order valence-electron chi connectivity index (χ2n) is 3.83. The number of ketones is 1. The van der Waals surface area contributed by atoms with Gasteiger partial charge in [0.05, 0.1) is 11.6 Å². The van der Waals surface area contributed by atoms with Gasteiger partial charge in [-0.2, -0.15) is 0 Å². The Morgan fingerprint density at radius 2 is 2.40 bits per heavy atom. The van der Waals surface area contributed by atoms with Gasteiger partial charge in [-0.05, 0) is 25.5 Å². The molecule has 0 aromatic carbocycles. The van der Waals surface area contributed by atoms with E-state index in [-0.39, 0.29) is 11.8 Å². The van der Waals surface area contributed by atoms with E-state index in [0.29, 0.717) is 11.3 Å². The normalized spacial score (nSPS) is 21.2. The van der Waals surface area contributed by atoms with E-state index in [2.05, 4.69) is 10.3 Å². The Hall–Kier alpha value is -1.42. The van der Waals surface area contributed by atoms with Crippen LogP contribution >= 0.6 is 0 Å².